The molecule has 1 aromatic carbocycles. The first-order chi connectivity index (χ1) is 18.5. The van der Waals surface area contributed by atoms with E-state index in [4.69, 9.17) is 24.5 Å². The summed E-state index contributed by atoms with van der Waals surface area (Å²) in [7, 11) is -3.47. The van der Waals surface area contributed by atoms with E-state index in [1.54, 1.807) is 30.5 Å². The number of aromatic nitrogens is 1. The van der Waals surface area contributed by atoms with Crippen molar-refractivity contribution in [2.45, 2.75) is 29.9 Å². The third-order valence-corrected chi connectivity index (χ3v) is 7.16. The number of carboxylic acids is 2. The molecule has 0 amide bonds. The summed E-state index contributed by atoms with van der Waals surface area (Å²) in [5.41, 5.74) is 1.19. The molecule has 3 heterocycles. The molecule has 2 aliphatic rings. The number of nitrogens with one attached hydrogen (secondary N) is 1. The number of alkyl halides is 6. The molecule has 10 nitrogen and oxygen atoms in total. The van der Waals surface area contributed by atoms with Crippen molar-refractivity contribution < 1.29 is 59.3 Å². The maximum Gasteiger partial charge on any atom is 0.490 e. The van der Waals surface area contributed by atoms with E-state index in [-0.39, 0.29) is 12.0 Å². The van der Waals surface area contributed by atoms with E-state index < -0.39 is 34.3 Å². The van der Waals surface area contributed by atoms with Crippen LogP contribution in [0.1, 0.15) is 5.56 Å². The van der Waals surface area contributed by atoms with Gasteiger partial charge in [0.15, 0.2) is 0 Å². The monoisotopic (exact) mass is 601 g/mol. The Morgan fingerprint density at radius 3 is 2.05 bits per heavy atom. The summed E-state index contributed by atoms with van der Waals surface area (Å²) < 4.78 is 97.0. The van der Waals surface area contributed by atoms with Crippen LogP contribution < -0.4 is 4.72 Å². The second kappa shape index (κ2) is 13.9. The number of likely N-dealkylation sites (tertiary alicyclic amines) is 1. The predicted molar refractivity (Wildman–Crippen MR) is 125 cm³/mol. The summed E-state index contributed by atoms with van der Waals surface area (Å²) in [4.78, 5) is 24.6. The molecule has 0 bridgehead atoms. The van der Waals surface area contributed by atoms with E-state index >= 15 is 0 Å². The number of sulfonamides is 1. The molecule has 40 heavy (non-hydrogen) atoms. The van der Waals surface area contributed by atoms with Gasteiger partial charge in [-0.15, -0.1) is 0 Å². The minimum Gasteiger partial charge on any atom is -0.475 e. The van der Waals surface area contributed by atoms with Crippen LogP contribution in [-0.2, 0) is 30.9 Å². The van der Waals surface area contributed by atoms with Crippen LogP contribution in [0.15, 0.2) is 59.8 Å². The predicted octanol–water partition coefficient (Wildman–Crippen LogP) is 2.77. The molecule has 0 radical (unpaired) electrons. The third-order valence-electron chi connectivity index (χ3n) is 5.72. The van der Waals surface area contributed by atoms with Crippen molar-refractivity contribution in [3.8, 4) is 0 Å². The molecule has 222 valence electrons. The third kappa shape index (κ3) is 10.4. The lowest BCUT2D eigenvalue weighted by Gasteiger charge is -2.20. The van der Waals surface area contributed by atoms with Crippen LogP contribution in [0.25, 0.3) is 0 Å². The van der Waals surface area contributed by atoms with Gasteiger partial charge in [-0.05, 0) is 23.8 Å². The lowest BCUT2D eigenvalue weighted by atomic mass is 9.93. The normalized spacial score (nSPS) is 20.9. The molecule has 3 N–H and O–H groups in total. The van der Waals surface area contributed by atoms with Crippen molar-refractivity contribution in [1.82, 2.24) is 14.6 Å². The van der Waals surface area contributed by atoms with Gasteiger partial charge in [0.1, 0.15) is 0 Å². The van der Waals surface area contributed by atoms with E-state index in [1.807, 2.05) is 18.3 Å². The van der Waals surface area contributed by atoms with Gasteiger partial charge in [0, 0.05) is 50.4 Å². The van der Waals surface area contributed by atoms with Gasteiger partial charge in [-0.2, -0.15) is 26.3 Å². The molecule has 3 atom stereocenters. The van der Waals surface area contributed by atoms with Gasteiger partial charge >= 0.3 is 24.3 Å². The maximum atomic E-state index is 12.4. The van der Waals surface area contributed by atoms with Crippen molar-refractivity contribution in [2.75, 3.05) is 26.2 Å². The molecule has 2 fully saturated rings. The van der Waals surface area contributed by atoms with Crippen LogP contribution in [-0.4, -0.2) is 85.2 Å². The number of carbonyl (C=O) groups is 2. The minimum atomic E-state index is -5.08. The topological polar surface area (TPSA) is 146 Å². The Morgan fingerprint density at radius 2 is 1.55 bits per heavy atom. The number of hydrogen-bond acceptors (Lipinski definition) is 7. The highest BCUT2D eigenvalue weighted by molar-refractivity contribution is 7.89. The summed E-state index contributed by atoms with van der Waals surface area (Å²) >= 11 is 0. The zero-order chi connectivity index (χ0) is 30.1. The van der Waals surface area contributed by atoms with Crippen LogP contribution in [0, 0.1) is 11.8 Å². The molecule has 17 heteroatoms. The summed E-state index contributed by atoms with van der Waals surface area (Å²) in [6.07, 6.45) is -6.31. The number of pyridine rings is 1. The second-order valence-corrected chi connectivity index (χ2v) is 10.4. The van der Waals surface area contributed by atoms with Gasteiger partial charge in [-0.25, -0.2) is 22.7 Å². The maximum absolute atomic E-state index is 12.4. The second-order valence-electron chi connectivity index (χ2n) is 8.62. The minimum absolute atomic E-state index is 0.193. The Bertz CT molecular complexity index is 1190. The highest BCUT2D eigenvalue weighted by Gasteiger charge is 2.44. The fraction of sp³-hybridized carbons (Fsp3) is 0.435. The number of hydrogen-bond donors (Lipinski definition) is 3. The molecule has 0 spiro atoms. The Kier molecular flexibility index (Phi) is 11.4. The Morgan fingerprint density at radius 1 is 0.975 bits per heavy atom. The number of fused-ring (bicyclic) bond motifs is 1. The lowest BCUT2D eigenvalue weighted by Crippen LogP contribution is -2.34. The lowest BCUT2D eigenvalue weighted by molar-refractivity contribution is -0.193. The van der Waals surface area contributed by atoms with Crippen LogP contribution in [0.3, 0.4) is 0 Å². The summed E-state index contributed by atoms with van der Waals surface area (Å²) in [6, 6.07) is 12.5. The van der Waals surface area contributed by atoms with E-state index in [2.05, 4.69) is 20.7 Å². The number of carboxylic acid groups (broad SMARTS) is 2. The number of nitrogens with zero attached hydrogens (tertiary/aromatic N) is 2. The first-order valence-corrected chi connectivity index (χ1v) is 12.9. The van der Waals surface area contributed by atoms with Gasteiger partial charge in [-0.3, -0.25) is 9.88 Å². The summed E-state index contributed by atoms with van der Waals surface area (Å²) in [5.74, 6) is -4.94. The molecular weight excluding hydrogens is 576 g/mol. The van der Waals surface area contributed by atoms with Crippen molar-refractivity contribution >= 4 is 22.0 Å². The molecule has 2 saturated heterocycles. The van der Waals surface area contributed by atoms with Gasteiger partial charge < -0.3 is 14.9 Å². The van der Waals surface area contributed by atoms with Gasteiger partial charge in [-0.1, -0.05) is 24.3 Å². The first kappa shape index (κ1) is 32.9. The van der Waals surface area contributed by atoms with E-state index in [1.165, 1.54) is 5.56 Å². The molecule has 2 aliphatic heterocycles. The smallest absolute Gasteiger partial charge is 0.475 e. The molecule has 4 rings (SSSR count). The Hall–Kier alpha value is -3.28. The number of benzene rings is 1. The summed E-state index contributed by atoms with van der Waals surface area (Å²) in [6.45, 7) is 3.71. The SMILES string of the molecule is O=C(O)C(F)(F)F.O=C(O)C(F)(F)F.O=S(=O)(NC[C@H]1CO[C@@H]2CN(Cc3cccnc3)C[C@H]12)c1ccccc1. The van der Waals surface area contributed by atoms with E-state index in [0.717, 1.165) is 19.6 Å². The number of ether oxygens (including phenoxy) is 1. The zero-order valence-electron chi connectivity index (χ0n) is 20.5. The molecule has 2 aromatic rings. The van der Waals surface area contributed by atoms with E-state index in [9.17, 15) is 34.8 Å². The molecule has 0 aliphatic carbocycles. The first-order valence-electron chi connectivity index (χ1n) is 11.4. The zero-order valence-corrected chi connectivity index (χ0v) is 21.3. The van der Waals surface area contributed by atoms with Gasteiger partial charge in [0.2, 0.25) is 10.0 Å². The van der Waals surface area contributed by atoms with Crippen LogP contribution in [0.4, 0.5) is 26.3 Å². The number of halogens is 6. The Balaban J connectivity index is 0.000000333. The largest absolute Gasteiger partial charge is 0.490 e. The van der Waals surface area contributed by atoms with Crippen LogP contribution in [0.2, 0.25) is 0 Å². The standard InChI is InChI=1S/C19H23N3O3S.2C2HF3O2/c23-26(24,17-6-2-1-3-7-17)21-10-16-14-25-19-13-22(12-18(16)19)11-15-5-4-8-20-9-15;2*3-2(4,5)1(6)7/h1-9,16,18-19,21H,10-14H2;2*(H,6,7)/t16-,18+,19+;;/m0../s1. The summed E-state index contributed by atoms with van der Waals surface area (Å²) in [5, 5.41) is 14.2. The molecule has 0 saturated carbocycles. The highest BCUT2D eigenvalue weighted by atomic mass is 32.2. The van der Waals surface area contributed by atoms with Gasteiger partial charge in [0.25, 0.3) is 0 Å². The fourth-order valence-electron chi connectivity index (χ4n) is 3.87. The average molecular weight is 602 g/mol. The van der Waals surface area contributed by atoms with Crippen molar-refractivity contribution in [2.24, 2.45) is 11.8 Å². The van der Waals surface area contributed by atoms with Crippen LogP contribution >= 0.6 is 0 Å². The highest BCUT2D eigenvalue weighted by Crippen LogP contribution is 2.34. The van der Waals surface area contributed by atoms with E-state index in [0.29, 0.717) is 24.0 Å². The number of aliphatic carboxylic acids is 2. The average Bonchev–Trinajstić information content (AvgIpc) is 3.44. The van der Waals surface area contributed by atoms with Crippen LogP contribution in [0.5, 0.6) is 0 Å². The molecule has 0 unspecified atom stereocenters. The van der Waals surface area contributed by atoms with Crippen molar-refractivity contribution in [1.29, 1.82) is 0 Å². The molecular formula is C23H25F6N3O7S. The quantitative estimate of drug-likeness (QED) is 0.426. The van der Waals surface area contributed by atoms with Gasteiger partial charge in [0.05, 0.1) is 17.6 Å². The fourth-order valence-corrected chi connectivity index (χ4v) is 4.98. The Labute approximate surface area is 224 Å². The van der Waals surface area contributed by atoms with Crippen molar-refractivity contribution in [3.05, 3.63) is 60.4 Å². The number of rotatable bonds is 6. The molecule has 1 aromatic heterocycles. The van der Waals surface area contributed by atoms with Crippen molar-refractivity contribution in [3.63, 3.8) is 0 Å².